The van der Waals surface area contributed by atoms with Crippen LogP contribution in [0.1, 0.15) is 13.8 Å². The van der Waals surface area contributed by atoms with Crippen molar-refractivity contribution in [1.29, 1.82) is 0 Å². The molecule has 2 heterocycles. The Balaban J connectivity index is 1.96. The minimum Gasteiger partial charge on any atom is -0.368 e. The van der Waals surface area contributed by atoms with E-state index in [1.54, 1.807) is 12.5 Å². The molecule has 0 fully saturated rings. The lowest BCUT2D eigenvalue weighted by atomic mass is 10.1. The van der Waals surface area contributed by atoms with E-state index in [2.05, 4.69) is 39.5 Å². The summed E-state index contributed by atoms with van der Waals surface area (Å²) in [6, 6.07) is 9.96. The number of nitrogens with zero attached hydrogens (tertiary/aromatic N) is 4. The SMILES string of the molecule is CNC(C)(C)CNc1ncnc2c1cnn2-c1ccccc1. The zero-order chi connectivity index (χ0) is 15.6. The predicted octanol–water partition coefficient (Wildman–Crippen LogP) is 2.23. The van der Waals surface area contributed by atoms with Crippen LogP contribution in [0, 0.1) is 0 Å². The van der Waals surface area contributed by atoms with E-state index in [9.17, 15) is 0 Å². The van der Waals surface area contributed by atoms with Crippen LogP contribution in [0.2, 0.25) is 0 Å². The van der Waals surface area contributed by atoms with Crippen molar-refractivity contribution < 1.29 is 0 Å². The zero-order valence-electron chi connectivity index (χ0n) is 13.0. The highest BCUT2D eigenvalue weighted by Gasteiger charge is 2.16. The lowest BCUT2D eigenvalue weighted by Gasteiger charge is -2.24. The third kappa shape index (κ3) is 2.78. The fourth-order valence-corrected chi connectivity index (χ4v) is 2.14. The normalized spacial score (nSPS) is 11.8. The van der Waals surface area contributed by atoms with Gasteiger partial charge in [-0.1, -0.05) is 18.2 Å². The Hall–Kier alpha value is -2.47. The quantitative estimate of drug-likeness (QED) is 0.755. The van der Waals surface area contributed by atoms with Crippen LogP contribution in [0.4, 0.5) is 5.82 Å². The summed E-state index contributed by atoms with van der Waals surface area (Å²) in [7, 11) is 1.95. The molecule has 0 bridgehead atoms. The summed E-state index contributed by atoms with van der Waals surface area (Å²) in [5.74, 6) is 0.801. The highest BCUT2D eigenvalue weighted by Crippen LogP contribution is 2.21. The molecule has 0 saturated heterocycles. The van der Waals surface area contributed by atoms with E-state index in [0.717, 1.165) is 29.1 Å². The van der Waals surface area contributed by atoms with E-state index in [1.165, 1.54) is 0 Å². The number of likely N-dealkylation sites (N-methyl/N-ethyl adjacent to an activating group) is 1. The lowest BCUT2D eigenvalue weighted by molar-refractivity contribution is 0.448. The van der Waals surface area contributed by atoms with Gasteiger partial charge in [0, 0.05) is 12.1 Å². The minimum atomic E-state index is -0.0211. The predicted molar refractivity (Wildman–Crippen MR) is 88.3 cm³/mol. The van der Waals surface area contributed by atoms with Gasteiger partial charge < -0.3 is 10.6 Å². The Bertz CT molecular complexity index is 763. The van der Waals surface area contributed by atoms with Crippen LogP contribution in [0.5, 0.6) is 0 Å². The van der Waals surface area contributed by atoms with Gasteiger partial charge in [0.15, 0.2) is 5.65 Å². The van der Waals surface area contributed by atoms with Gasteiger partial charge in [-0.2, -0.15) is 5.10 Å². The monoisotopic (exact) mass is 296 g/mol. The van der Waals surface area contributed by atoms with Crippen LogP contribution in [-0.2, 0) is 0 Å². The Morgan fingerprint density at radius 2 is 1.91 bits per heavy atom. The van der Waals surface area contributed by atoms with Crippen molar-refractivity contribution in [2.24, 2.45) is 0 Å². The van der Waals surface area contributed by atoms with E-state index in [-0.39, 0.29) is 5.54 Å². The summed E-state index contributed by atoms with van der Waals surface area (Å²) >= 11 is 0. The molecule has 0 amide bonds. The average Bonchev–Trinajstić information content (AvgIpc) is 2.98. The number of aromatic nitrogens is 4. The summed E-state index contributed by atoms with van der Waals surface area (Å²) in [6.45, 7) is 5.02. The molecule has 0 aliphatic rings. The molecule has 114 valence electrons. The van der Waals surface area contributed by atoms with Gasteiger partial charge in [-0.25, -0.2) is 14.6 Å². The summed E-state index contributed by atoms with van der Waals surface area (Å²) in [4.78, 5) is 8.72. The number of anilines is 1. The smallest absolute Gasteiger partial charge is 0.168 e. The van der Waals surface area contributed by atoms with E-state index >= 15 is 0 Å². The molecule has 6 heteroatoms. The number of benzene rings is 1. The number of fused-ring (bicyclic) bond motifs is 1. The van der Waals surface area contributed by atoms with E-state index < -0.39 is 0 Å². The fraction of sp³-hybridized carbons (Fsp3) is 0.312. The third-order valence-corrected chi connectivity index (χ3v) is 3.74. The Morgan fingerprint density at radius 1 is 1.14 bits per heavy atom. The number of hydrogen-bond acceptors (Lipinski definition) is 5. The Kier molecular flexibility index (Phi) is 3.77. The van der Waals surface area contributed by atoms with Crippen LogP contribution in [0.3, 0.4) is 0 Å². The molecule has 0 aliphatic carbocycles. The zero-order valence-corrected chi connectivity index (χ0v) is 13.0. The maximum Gasteiger partial charge on any atom is 0.168 e. The maximum absolute atomic E-state index is 4.45. The first-order chi connectivity index (χ1) is 10.6. The van der Waals surface area contributed by atoms with Crippen molar-refractivity contribution in [3.63, 3.8) is 0 Å². The molecule has 2 N–H and O–H groups in total. The van der Waals surface area contributed by atoms with Crippen molar-refractivity contribution in [2.45, 2.75) is 19.4 Å². The average molecular weight is 296 g/mol. The van der Waals surface area contributed by atoms with E-state index in [4.69, 9.17) is 0 Å². The molecule has 6 nitrogen and oxygen atoms in total. The van der Waals surface area contributed by atoms with Crippen molar-refractivity contribution in [3.05, 3.63) is 42.9 Å². The minimum absolute atomic E-state index is 0.0211. The second kappa shape index (κ2) is 5.73. The molecule has 3 aromatic rings. The number of para-hydroxylation sites is 1. The highest BCUT2D eigenvalue weighted by atomic mass is 15.3. The third-order valence-electron chi connectivity index (χ3n) is 3.74. The van der Waals surface area contributed by atoms with E-state index in [1.807, 2.05) is 42.1 Å². The second-order valence-corrected chi connectivity index (χ2v) is 5.84. The molecule has 0 atom stereocenters. The Labute approximate surface area is 129 Å². The van der Waals surface area contributed by atoms with Gasteiger partial charge in [0.25, 0.3) is 0 Å². The first kappa shape index (κ1) is 14.5. The van der Waals surface area contributed by atoms with Crippen molar-refractivity contribution in [3.8, 4) is 5.69 Å². The van der Waals surface area contributed by atoms with Crippen LogP contribution < -0.4 is 10.6 Å². The van der Waals surface area contributed by atoms with Crippen LogP contribution >= 0.6 is 0 Å². The molecule has 3 rings (SSSR count). The van der Waals surface area contributed by atoms with Crippen molar-refractivity contribution in [2.75, 3.05) is 18.9 Å². The first-order valence-electron chi connectivity index (χ1n) is 7.28. The van der Waals surface area contributed by atoms with Gasteiger partial charge >= 0.3 is 0 Å². The van der Waals surface area contributed by atoms with Crippen LogP contribution in [0.15, 0.2) is 42.9 Å². The van der Waals surface area contributed by atoms with Crippen molar-refractivity contribution >= 4 is 16.9 Å². The molecule has 1 aromatic carbocycles. The molecule has 2 aromatic heterocycles. The van der Waals surface area contributed by atoms with Gasteiger partial charge in [0.05, 0.1) is 17.3 Å². The highest BCUT2D eigenvalue weighted by molar-refractivity contribution is 5.87. The summed E-state index contributed by atoms with van der Waals surface area (Å²) in [6.07, 6.45) is 3.37. The van der Waals surface area contributed by atoms with Gasteiger partial charge in [-0.15, -0.1) is 0 Å². The maximum atomic E-state index is 4.45. The summed E-state index contributed by atoms with van der Waals surface area (Å²) < 4.78 is 1.82. The Morgan fingerprint density at radius 3 is 2.64 bits per heavy atom. The number of nitrogens with one attached hydrogen (secondary N) is 2. The molecule has 0 spiro atoms. The lowest BCUT2D eigenvalue weighted by Crippen LogP contribution is -2.42. The second-order valence-electron chi connectivity index (χ2n) is 5.84. The summed E-state index contributed by atoms with van der Waals surface area (Å²) in [5, 5.41) is 12.0. The molecule has 0 saturated carbocycles. The van der Waals surface area contributed by atoms with Gasteiger partial charge in [-0.3, -0.25) is 0 Å². The topological polar surface area (TPSA) is 67.7 Å². The van der Waals surface area contributed by atoms with Crippen molar-refractivity contribution in [1.82, 2.24) is 25.1 Å². The fourth-order valence-electron chi connectivity index (χ4n) is 2.14. The largest absolute Gasteiger partial charge is 0.368 e. The number of rotatable bonds is 5. The molecule has 22 heavy (non-hydrogen) atoms. The molecular weight excluding hydrogens is 276 g/mol. The molecule has 0 radical (unpaired) electrons. The molecular formula is C16H20N6. The van der Waals surface area contributed by atoms with E-state index in [0.29, 0.717) is 0 Å². The molecule has 0 unspecified atom stereocenters. The van der Waals surface area contributed by atoms with Gasteiger partial charge in [-0.05, 0) is 33.0 Å². The first-order valence-corrected chi connectivity index (χ1v) is 7.28. The molecule has 0 aliphatic heterocycles. The van der Waals surface area contributed by atoms with Gasteiger partial charge in [0.1, 0.15) is 12.1 Å². The van der Waals surface area contributed by atoms with Crippen LogP contribution in [0.25, 0.3) is 16.7 Å². The standard InChI is InChI=1S/C16H20N6/c1-16(2,17-3)10-18-14-13-9-21-22(15(13)20-11-19-14)12-7-5-4-6-8-12/h4-9,11,17H,10H2,1-3H3,(H,18,19,20). The van der Waals surface area contributed by atoms with Gasteiger partial charge in [0.2, 0.25) is 0 Å². The number of hydrogen-bond donors (Lipinski definition) is 2. The van der Waals surface area contributed by atoms with Crippen LogP contribution in [-0.4, -0.2) is 38.9 Å². The summed E-state index contributed by atoms with van der Waals surface area (Å²) in [5.41, 5.74) is 1.76.